The molecule has 0 heterocycles. The van der Waals surface area contributed by atoms with E-state index < -0.39 is 0 Å². The Kier molecular flexibility index (Phi) is 1.33. The Morgan fingerprint density at radius 1 is 1.25 bits per heavy atom. The molecular formula is C10H19NO. The zero-order valence-electron chi connectivity index (χ0n) is 8.22. The highest BCUT2D eigenvalue weighted by atomic mass is 16.3. The number of hydrogen-bond donors (Lipinski definition) is 2. The van der Waals surface area contributed by atoms with Crippen LogP contribution in [0.3, 0.4) is 0 Å². The first-order valence-electron chi connectivity index (χ1n) is 4.80. The molecule has 3 N–H and O–H groups in total. The lowest BCUT2D eigenvalue weighted by molar-refractivity contribution is 0.0124. The smallest absolute Gasteiger partial charge is 0.0617 e. The zero-order chi connectivity index (χ0) is 9.20. The summed E-state index contributed by atoms with van der Waals surface area (Å²) in [6.45, 7) is 6.59. The summed E-state index contributed by atoms with van der Waals surface area (Å²) in [6.07, 6.45) is 2.76. The molecule has 0 saturated heterocycles. The van der Waals surface area contributed by atoms with Crippen molar-refractivity contribution in [3.63, 3.8) is 0 Å². The van der Waals surface area contributed by atoms with Gasteiger partial charge in [0, 0.05) is 11.0 Å². The molecule has 2 aliphatic carbocycles. The van der Waals surface area contributed by atoms with Gasteiger partial charge in [0.05, 0.1) is 6.10 Å². The maximum atomic E-state index is 9.90. The predicted molar refractivity (Wildman–Crippen MR) is 48.7 cm³/mol. The molecule has 2 nitrogen and oxygen atoms in total. The second-order valence-electron chi connectivity index (χ2n) is 5.42. The van der Waals surface area contributed by atoms with E-state index in [1.165, 1.54) is 0 Å². The predicted octanol–water partition coefficient (Wildman–Crippen LogP) is 1.27. The molecule has 2 fully saturated rings. The van der Waals surface area contributed by atoms with Crippen molar-refractivity contribution in [2.75, 3.05) is 0 Å². The van der Waals surface area contributed by atoms with Crippen LogP contribution in [0.1, 0.15) is 40.0 Å². The summed E-state index contributed by atoms with van der Waals surface area (Å²) in [5.41, 5.74) is 6.34. The van der Waals surface area contributed by atoms with Gasteiger partial charge in [-0.2, -0.15) is 0 Å². The fourth-order valence-corrected chi connectivity index (χ4v) is 3.19. The first kappa shape index (κ1) is 8.52. The van der Waals surface area contributed by atoms with Crippen molar-refractivity contribution < 1.29 is 5.11 Å². The highest BCUT2D eigenvalue weighted by Gasteiger charge is 2.67. The Labute approximate surface area is 74.1 Å². The quantitative estimate of drug-likeness (QED) is 0.573. The van der Waals surface area contributed by atoms with Crippen LogP contribution in [0.15, 0.2) is 0 Å². The largest absolute Gasteiger partial charge is 0.392 e. The third-order valence-electron chi connectivity index (χ3n) is 5.06. The van der Waals surface area contributed by atoms with E-state index in [0.29, 0.717) is 0 Å². The minimum atomic E-state index is -0.189. The normalized spacial score (nSPS) is 56.2. The van der Waals surface area contributed by atoms with Crippen molar-refractivity contribution >= 4 is 0 Å². The number of rotatable bonds is 0. The molecule has 0 aromatic carbocycles. The second kappa shape index (κ2) is 1.88. The molecule has 12 heavy (non-hydrogen) atoms. The summed E-state index contributed by atoms with van der Waals surface area (Å²) < 4.78 is 0. The molecule has 2 aliphatic rings. The molecule has 0 aromatic heterocycles. The highest BCUT2D eigenvalue weighted by molar-refractivity contribution is 5.21. The molecule has 0 aromatic rings. The summed E-state index contributed by atoms with van der Waals surface area (Å²) in [5.74, 6) is 0. The highest BCUT2D eigenvalue weighted by Crippen LogP contribution is 2.66. The molecule has 2 heteroatoms. The lowest BCUT2D eigenvalue weighted by Crippen LogP contribution is -2.47. The Hall–Kier alpha value is -0.0800. The van der Waals surface area contributed by atoms with E-state index in [2.05, 4.69) is 20.8 Å². The van der Waals surface area contributed by atoms with Gasteiger partial charge >= 0.3 is 0 Å². The van der Waals surface area contributed by atoms with Gasteiger partial charge in [-0.1, -0.05) is 20.8 Å². The first-order chi connectivity index (χ1) is 5.33. The van der Waals surface area contributed by atoms with Gasteiger partial charge in [0.2, 0.25) is 0 Å². The molecule has 2 bridgehead atoms. The minimum Gasteiger partial charge on any atom is -0.392 e. The molecule has 2 rings (SSSR count). The average molecular weight is 169 g/mol. The van der Waals surface area contributed by atoms with Crippen LogP contribution in [0, 0.1) is 10.8 Å². The summed E-state index contributed by atoms with van der Waals surface area (Å²) in [5, 5.41) is 9.90. The van der Waals surface area contributed by atoms with Crippen molar-refractivity contribution in [1.82, 2.24) is 0 Å². The lowest BCUT2D eigenvalue weighted by Gasteiger charge is -2.39. The van der Waals surface area contributed by atoms with Crippen molar-refractivity contribution in [3.05, 3.63) is 0 Å². The van der Waals surface area contributed by atoms with E-state index in [0.717, 1.165) is 19.3 Å². The van der Waals surface area contributed by atoms with Crippen LogP contribution in [-0.4, -0.2) is 16.7 Å². The van der Waals surface area contributed by atoms with E-state index in [4.69, 9.17) is 5.73 Å². The van der Waals surface area contributed by atoms with Crippen LogP contribution in [0.25, 0.3) is 0 Å². The number of aliphatic hydroxyl groups excluding tert-OH is 1. The molecule has 0 amide bonds. The third-order valence-corrected chi connectivity index (χ3v) is 5.06. The topological polar surface area (TPSA) is 46.2 Å². The molecule has 70 valence electrons. The number of fused-ring (bicyclic) bond motifs is 2. The zero-order valence-corrected chi connectivity index (χ0v) is 8.22. The maximum Gasteiger partial charge on any atom is 0.0617 e. The van der Waals surface area contributed by atoms with Crippen LogP contribution in [0.5, 0.6) is 0 Å². The Bertz CT molecular complexity index is 223. The van der Waals surface area contributed by atoms with E-state index in [1.807, 2.05) is 0 Å². The van der Waals surface area contributed by atoms with Crippen LogP contribution in [-0.2, 0) is 0 Å². The summed E-state index contributed by atoms with van der Waals surface area (Å²) >= 11 is 0. The maximum absolute atomic E-state index is 9.90. The number of hydrogen-bond acceptors (Lipinski definition) is 2. The Morgan fingerprint density at radius 2 is 1.83 bits per heavy atom. The van der Waals surface area contributed by atoms with Crippen molar-refractivity contribution in [2.45, 2.75) is 51.7 Å². The van der Waals surface area contributed by atoms with Gasteiger partial charge in [0.1, 0.15) is 0 Å². The lowest BCUT2D eigenvalue weighted by atomic mass is 9.68. The van der Waals surface area contributed by atoms with Crippen LogP contribution in [0.4, 0.5) is 0 Å². The van der Waals surface area contributed by atoms with E-state index in [9.17, 15) is 5.11 Å². The number of nitrogens with two attached hydrogens (primary N) is 1. The SMILES string of the molecule is CC1(C)[C@]2(N)CC[C@]1(C)[C@@H](O)C2. The van der Waals surface area contributed by atoms with Crippen molar-refractivity contribution in [3.8, 4) is 0 Å². The number of aliphatic hydroxyl groups is 1. The second-order valence-corrected chi connectivity index (χ2v) is 5.42. The summed E-state index contributed by atoms with van der Waals surface area (Å²) in [6, 6.07) is 0. The van der Waals surface area contributed by atoms with Gasteiger partial charge in [-0.3, -0.25) is 0 Å². The summed E-state index contributed by atoms with van der Waals surface area (Å²) in [7, 11) is 0. The monoisotopic (exact) mass is 169 g/mol. The molecule has 3 atom stereocenters. The molecule has 0 aliphatic heterocycles. The molecule has 0 spiro atoms. The molecule has 0 unspecified atom stereocenters. The van der Waals surface area contributed by atoms with Gasteiger partial charge in [-0.15, -0.1) is 0 Å². The standard InChI is InChI=1S/C10H19NO/c1-8(2)9(3)4-5-10(8,11)6-7(9)12/h7,12H,4-6,11H2,1-3H3/t7-,9+,10-/m0/s1. The first-order valence-corrected chi connectivity index (χ1v) is 4.80. The third kappa shape index (κ3) is 0.612. The van der Waals surface area contributed by atoms with Gasteiger partial charge in [0.25, 0.3) is 0 Å². The minimum absolute atomic E-state index is 0.0573. The molecular weight excluding hydrogens is 150 g/mol. The molecule has 0 radical (unpaired) electrons. The van der Waals surface area contributed by atoms with Gasteiger partial charge < -0.3 is 10.8 Å². The van der Waals surface area contributed by atoms with Gasteiger partial charge in [0.15, 0.2) is 0 Å². The van der Waals surface area contributed by atoms with E-state index in [1.54, 1.807) is 0 Å². The summed E-state index contributed by atoms with van der Waals surface area (Å²) in [4.78, 5) is 0. The van der Waals surface area contributed by atoms with Crippen LogP contribution in [0.2, 0.25) is 0 Å². The van der Waals surface area contributed by atoms with Gasteiger partial charge in [-0.05, 0) is 24.7 Å². The van der Waals surface area contributed by atoms with Crippen molar-refractivity contribution in [2.24, 2.45) is 16.6 Å². The van der Waals surface area contributed by atoms with Crippen molar-refractivity contribution in [1.29, 1.82) is 0 Å². The van der Waals surface area contributed by atoms with Crippen LogP contribution >= 0.6 is 0 Å². The fourth-order valence-electron chi connectivity index (χ4n) is 3.19. The van der Waals surface area contributed by atoms with Gasteiger partial charge in [-0.25, -0.2) is 0 Å². The Morgan fingerprint density at radius 3 is 2.00 bits per heavy atom. The average Bonchev–Trinajstić information content (AvgIpc) is 2.18. The molecule has 2 saturated carbocycles. The Balaban J connectivity index is 2.49. The van der Waals surface area contributed by atoms with E-state index >= 15 is 0 Å². The van der Waals surface area contributed by atoms with Crippen LogP contribution < -0.4 is 5.73 Å². The van der Waals surface area contributed by atoms with E-state index in [-0.39, 0.29) is 22.5 Å². The fraction of sp³-hybridized carbons (Fsp3) is 1.00.